The van der Waals surface area contributed by atoms with E-state index in [1.54, 1.807) is 4.68 Å². The van der Waals surface area contributed by atoms with E-state index >= 15 is 0 Å². The Bertz CT molecular complexity index is 743. The number of nitrogens with zero attached hydrogens (tertiary/aromatic N) is 2. The van der Waals surface area contributed by atoms with E-state index < -0.39 is 0 Å². The minimum atomic E-state index is -0.261. The number of nitrogens with one attached hydrogen (secondary N) is 3. The second kappa shape index (κ2) is 7.48. The minimum Gasteiger partial charge on any atom is -0.484 e. The number of aromatic nitrogens is 3. The largest absolute Gasteiger partial charge is 0.484 e. The molecule has 1 aromatic carbocycles. The molecule has 1 aromatic heterocycles. The van der Waals surface area contributed by atoms with E-state index in [0.717, 1.165) is 11.4 Å². The zero-order valence-electron chi connectivity index (χ0n) is 14.3. The van der Waals surface area contributed by atoms with E-state index in [-0.39, 0.29) is 18.1 Å². The van der Waals surface area contributed by atoms with Crippen molar-refractivity contribution in [3.8, 4) is 5.75 Å². The van der Waals surface area contributed by atoms with Crippen molar-refractivity contribution in [1.29, 1.82) is 0 Å². The number of carbonyl (C=O) groups excluding carboxylic acids is 1. The second-order valence-corrected chi connectivity index (χ2v) is 6.86. The molecule has 1 heterocycles. The van der Waals surface area contributed by atoms with Crippen LogP contribution in [0.25, 0.3) is 0 Å². The zero-order chi connectivity index (χ0) is 17.7. The summed E-state index contributed by atoms with van der Waals surface area (Å²) in [6.07, 6.45) is 0. The molecule has 7 nitrogen and oxygen atoms in total. The molecular formula is C16H23N5O2S. The number of hydrogen-bond acceptors (Lipinski definition) is 5. The first kappa shape index (κ1) is 18.0. The molecule has 130 valence electrons. The molecule has 0 aliphatic heterocycles. The molecule has 0 aliphatic rings. The first-order chi connectivity index (χ1) is 11.2. The quantitative estimate of drug-likeness (QED) is 0.697. The van der Waals surface area contributed by atoms with Gasteiger partial charge in [0.15, 0.2) is 6.61 Å². The Balaban J connectivity index is 1.85. The van der Waals surface area contributed by atoms with Gasteiger partial charge in [0.25, 0.3) is 5.91 Å². The third-order valence-electron chi connectivity index (χ3n) is 3.09. The van der Waals surface area contributed by atoms with Gasteiger partial charge in [-0.3, -0.25) is 9.89 Å². The lowest BCUT2D eigenvalue weighted by Crippen LogP contribution is -2.43. The van der Waals surface area contributed by atoms with Crippen LogP contribution in [0.15, 0.2) is 24.3 Å². The van der Waals surface area contributed by atoms with Crippen molar-refractivity contribution >= 4 is 18.1 Å². The Kier molecular flexibility index (Phi) is 5.61. The lowest BCUT2D eigenvalue weighted by Gasteiger charge is -2.20. The minimum absolute atomic E-state index is 0.00174. The Morgan fingerprint density at radius 1 is 1.33 bits per heavy atom. The molecule has 0 atom stereocenters. The molecule has 8 heteroatoms. The Labute approximate surface area is 146 Å². The second-order valence-electron chi connectivity index (χ2n) is 6.48. The highest BCUT2D eigenvalue weighted by atomic mass is 32.1. The number of ether oxygens (including phenoxy) is 1. The first-order valence-corrected chi connectivity index (χ1v) is 8.06. The molecule has 3 N–H and O–H groups in total. The van der Waals surface area contributed by atoms with Gasteiger partial charge in [-0.2, -0.15) is 5.10 Å². The van der Waals surface area contributed by atoms with E-state index in [1.807, 2.05) is 52.0 Å². The number of amides is 1. The summed E-state index contributed by atoms with van der Waals surface area (Å²) in [5.74, 6) is 1.28. The average molecular weight is 349 g/mol. The van der Waals surface area contributed by atoms with E-state index in [2.05, 4.69) is 20.9 Å². The summed E-state index contributed by atoms with van der Waals surface area (Å²) >= 11 is 5.13. The molecule has 0 spiro atoms. The van der Waals surface area contributed by atoms with Crippen molar-refractivity contribution in [2.75, 3.05) is 12.0 Å². The Morgan fingerprint density at radius 3 is 2.54 bits per heavy atom. The fourth-order valence-corrected chi connectivity index (χ4v) is 2.28. The molecule has 2 aromatic rings. The molecule has 0 saturated carbocycles. The predicted octanol–water partition coefficient (Wildman–Crippen LogP) is 2.29. The third kappa shape index (κ3) is 5.38. The molecule has 0 radical (unpaired) electrons. The van der Waals surface area contributed by atoms with E-state index in [1.165, 1.54) is 0 Å². The molecule has 24 heavy (non-hydrogen) atoms. The fourth-order valence-electron chi connectivity index (χ4n) is 2.04. The number of carbonyl (C=O) groups is 1. The molecular weight excluding hydrogens is 326 g/mol. The maximum absolute atomic E-state index is 11.7. The molecule has 1 amide bonds. The van der Waals surface area contributed by atoms with Gasteiger partial charge < -0.3 is 15.5 Å². The highest BCUT2D eigenvalue weighted by molar-refractivity contribution is 7.71. The van der Waals surface area contributed by atoms with Gasteiger partial charge in [-0.25, -0.2) is 4.68 Å². The zero-order valence-corrected chi connectivity index (χ0v) is 15.2. The van der Waals surface area contributed by atoms with Crippen molar-refractivity contribution in [1.82, 2.24) is 20.2 Å². The normalized spacial score (nSPS) is 11.2. The molecule has 0 fully saturated rings. The molecule has 2 rings (SSSR count). The van der Waals surface area contributed by atoms with Gasteiger partial charge in [0.1, 0.15) is 11.6 Å². The van der Waals surface area contributed by atoms with Crippen LogP contribution in [0.5, 0.6) is 5.75 Å². The standard InChI is InChI=1S/C16H23N5O2S/c1-11-19-20-15(24)21(11)17-9-12-5-7-13(8-6-12)23-10-14(22)18-16(2,3)4/h5-8,17H,9-10H2,1-4H3,(H,18,22)(H,20,24). The smallest absolute Gasteiger partial charge is 0.258 e. The van der Waals surface area contributed by atoms with Gasteiger partial charge >= 0.3 is 0 Å². The van der Waals surface area contributed by atoms with Crippen LogP contribution >= 0.6 is 12.2 Å². The number of hydrogen-bond donors (Lipinski definition) is 3. The topological polar surface area (TPSA) is 84.0 Å². The van der Waals surface area contributed by atoms with Crippen LogP contribution in [0.3, 0.4) is 0 Å². The van der Waals surface area contributed by atoms with Crippen molar-refractivity contribution in [2.45, 2.75) is 39.8 Å². The van der Waals surface area contributed by atoms with E-state index in [0.29, 0.717) is 17.1 Å². The highest BCUT2D eigenvalue weighted by Gasteiger charge is 2.13. The van der Waals surface area contributed by atoms with Crippen LogP contribution in [0.4, 0.5) is 0 Å². The summed E-state index contributed by atoms with van der Waals surface area (Å²) in [7, 11) is 0. The number of aryl methyl sites for hydroxylation is 1. The monoisotopic (exact) mass is 349 g/mol. The van der Waals surface area contributed by atoms with E-state index in [4.69, 9.17) is 17.0 Å². The van der Waals surface area contributed by atoms with Gasteiger partial charge in [0.05, 0.1) is 6.54 Å². The summed E-state index contributed by atoms with van der Waals surface area (Å²) in [5.41, 5.74) is 3.98. The van der Waals surface area contributed by atoms with Crippen molar-refractivity contribution in [2.24, 2.45) is 0 Å². The van der Waals surface area contributed by atoms with Crippen molar-refractivity contribution in [3.63, 3.8) is 0 Å². The number of benzene rings is 1. The van der Waals surface area contributed by atoms with Gasteiger partial charge in [-0.15, -0.1) is 0 Å². The lowest BCUT2D eigenvalue weighted by molar-refractivity contribution is -0.124. The number of rotatable bonds is 6. The van der Waals surface area contributed by atoms with Gasteiger partial charge in [-0.1, -0.05) is 12.1 Å². The van der Waals surface area contributed by atoms with Crippen molar-refractivity contribution < 1.29 is 9.53 Å². The SMILES string of the molecule is Cc1n[nH]c(=S)n1NCc1ccc(OCC(=O)NC(C)(C)C)cc1. The van der Waals surface area contributed by atoms with Crippen molar-refractivity contribution in [3.05, 3.63) is 40.4 Å². The lowest BCUT2D eigenvalue weighted by atomic mass is 10.1. The van der Waals surface area contributed by atoms with E-state index in [9.17, 15) is 4.79 Å². The molecule has 0 unspecified atom stereocenters. The maximum atomic E-state index is 11.7. The van der Waals surface area contributed by atoms with Crippen LogP contribution in [0, 0.1) is 11.7 Å². The summed E-state index contributed by atoms with van der Waals surface area (Å²) in [4.78, 5) is 11.7. The van der Waals surface area contributed by atoms with Gasteiger partial charge in [0, 0.05) is 5.54 Å². The summed E-state index contributed by atoms with van der Waals surface area (Å²) in [6, 6.07) is 7.54. The number of H-pyrrole nitrogens is 1. The van der Waals surface area contributed by atoms with Crippen LogP contribution in [-0.4, -0.2) is 32.9 Å². The summed E-state index contributed by atoms with van der Waals surface area (Å²) < 4.78 is 7.73. The maximum Gasteiger partial charge on any atom is 0.258 e. The molecule has 0 bridgehead atoms. The van der Waals surface area contributed by atoms with Crippen LogP contribution in [-0.2, 0) is 11.3 Å². The van der Waals surface area contributed by atoms with Gasteiger partial charge in [-0.05, 0) is 57.6 Å². The molecule has 0 aliphatic carbocycles. The highest BCUT2D eigenvalue weighted by Crippen LogP contribution is 2.12. The Hall–Kier alpha value is -2.35. The number of aromatic amines is 1. The van der Waals surface area contributed by atoms with Crippen LogP contribution < -0.4 is 15.5 Å². The molecule has 0 saturated heterocycles. The average Bonchev–Trinajstić information content (AvgIpc) is 2.81. The Morgan fingerprint density at radius 2 is 2.00 bits per heavy atom. The predicted molar refractivity (Wildman–Crippen MR) is 95.0 cm³/mol. The summed E-state index contributed by atoms with van der Waals surface area (Å²) in [5, 5.41) is 9.61. The van der Waals surface area contributed by atoms with Crippen LogP contribution in [0.1, 0.15) is 32.2 Å². The summed E-state index contributed by atoms with van der Waals surface area (Å²) in [6.45, 7) is 8.25. The fraction of sp³-hybridized carbons (Fsp3) is 0.438. The third-order valence-corrected chi connectivity index (χ3v) is 3.36. The van der Waals surface area contributed by atoms with Crippen LogP contribution in [0.2, 0.25) is 0 Å². The van der Waals surface area contributed by atoms with Gasteiger partial charge in [0.2, 0.25) is 4.77 Å². The first-order valence-electron chi connectivity index (χ1n) is 7.65.